The Morgan fingerprint density at radius 3 is 2.13 bits per heavy atom. The molecule has 5 nitrogen and oxygen atoms in total. The molecule has 0 spiro atoms. The molecule has 0 saturated heterocycles. The summed E-state index contributed by atoms with van der Waals surface area (Å²) in [7, 11) is -0.609. The van der Waals surface area contributed by atoms with Crippen molar-refractivity contribution in [3.05, 3.63) is 53.6 Å². The van der Waals surface area contributed by atoms with E-state index in [1.165, 1.54) is 37.5 Å². The molecule has 6 heteroatoms. The standard InChI is InChI=1S/C17H19NO4S/c1-21-16-8-7-15(11-17(16)22-2)23(19,20)18-14-9-12-5-3-4-6-13(12)10-14/h3-8,11,14,18H,9-10H2,1-2H3. The molecule has 0 fully saturated rings. The number of hydrogen-bond donors (Lipinski definition) is 1. The third-order valence-electron chi connectivity index (χ3n) is 4.04. The van der Waals surface area contributed by atoms with Crippen LogP contribution in [0.4, 0.5) is 0 Å². The summed E-state index contributed by atoms with van der Waals surface area (Å²) in [5.74, 6) is 0.893. The Morgan fingerprint density at radius 1 is 0.957 bits per heavy atom. The Labute approximate surface area is 136 Å². The van der Waals surface area contributed by atoms with Gasteiger partial charge < -0.3 is 9.47 Å². The van der Waals surface area contributed by atoms with Crippen molar-refractivity contribution in [2.75, 3.05) is 14.2 Å². The zero-order valence-electron chi connectivity index (χ0n) is 13.1. The summed E-state index contributed by atoms with van der Waals surface area (Å²) in [6, 6.07) is 12.5. The number of ether oxygens (including phenoxy) is 2. The Hall–Kier alpha value is -2.05. The number of hydrogen-bond acceptors (Lipinski definition) is 4. The van der Waals surface area contributed by atoms with Crippen molar-refractivity contribution < 1.29 is 17.9 Å². The number of sulfonamides is 1. The molecule has 122 valence electrons. The van der Waals surface area contributed by atoms with E-state index in [1.54, 1.807) is 6.07 Å². The van der Waals surface area contributed by atoms with Gasteiger partial charge in [-0.15, -0.1) is 0 Å². The van der Waals surface area contributed by atoms with Crippen LogP contribution in [-0.4, -0.2) is 28.7 Å². The normalized spacial score (nSPS) is 14.5. The van der Waals surface area contributed by atoms with Gasteiger partial charge in [0.05, 0.1) is 19.1 Å². The van der Waals surface area contributed by atoms with Gasteiger partial charge in [-0.2, -0.15) is 0 Å². The molecule has 1 aliphatic carbocycles. The molecule has 0 radical (unpaired) electrons. The van der Waals surface area contributed by atoms with Crippen LogP contribution in [0.1, 0.15) is 11.1 Å². The third-order valence-corrected chi connectivity index (χ3v) is 5.56. The lowest BCUT2D eigenvalue weighted by Crippen LogP contribution is -2.35. The first-order chi connectivity index (χ1) is 11.0. The highest BCUT2D eigenvalue weighted by atomic mass is 32.2. The van der Waals surface area contributed by atoms with Crippen molar-refractivity contribution in [3.63, 3.8) is 0 Å². The number of methoxy groups -OCH3 is 2. The first kappa shape index (κ1) is 15.8. The zero-order chi connectivity index (χ0) is 16.4. The largest absolute Gasteiger partial charge is 0.493 e. The summed E-state index contributed by atoms with van der Waals surface area (Å²) in [4.78, 5) is 0.172. The first-order valence-electron chi connectivity index (χ1n) is 7.34. The van der Waals surface area contributed by atoms with E-state index < -0.39 is 10.0 Å². The maximum atomic E-state index is 12.6. The lowest BCUT2D eigenvalue weighted by atomic mass is 10.1. The van der Waals surface area contributed by atoms with E-state index in [1.807, 2.05) is 24.3 Å². The van der Waals surface area contributed by atoms with Gasteiger partial charge in [-0.25, -0.2) is 13.1 Å². The lowest BCUT2D eigenvalue weighted by Gasteiger charge is -2.14. The van der Waals surface area contributed by atoms with Crippen molar-refractivity contribution >= 4 is 10.0 Å². The van der Waals surface area contributed by atoms with Crippen LogP contribution < -0.4 is 14.2 Å². The van der Waals surface area contributed by atoms with E-state index in [2.05, 4.69) is 4.72 Å². The number of nitrogens with one attached hydrogen (secondary N) is 1. The lowest BCUT2D eigenvalue weighted by molar-refractivity contribution is 0.354. The van der Waals surface area contributed by atoms with Crippen LogP contribution >= 0.6 is 0 Å². The molecule has 0 aromatic heterocycles. The maximum absolute atomic E-state index is 12.6. The second kappa shape index (κ2) is 6.22. The number of rotatable bonds is 5. The van der Waals surface area contributed by atoms with Crippen LogP contribution in [0.5, 0.6) is 11.5 Å². The minimum absolute atomic E-state index is 0.120. The highest BCUT2D eigenvalue weighted by Gasteiger charge is 2.26. The van der Waals surface area contributed by atoms with Gasteiger partial charge in [-0.3, -0.25) is 0 Å². The van der Waals surface area contributed by atoms with Gasteiger partial charge in [-0.05, 0) is 36.1 Å². The Kier molecular flexibility index (Phi) is 4.28. The average Bonchev–Trinajstić information content (AvgIpc) is 2.95. The Balaban J connectivity index is 1.80. The second-order valence-corrected chi connectivity index (χ2v) is 7.23. The molecule has 2 aromatic rings. The molecule has 1 N–H and O–H groups in total. The Bertz CT molecular complexity index is 792. The zero-order valence-corrected chi connectivity index (χ0v) is 13.9. The number of fused-ring (bicyclic) bond motifs is 1. The van der Waals surface area contributed by atoms with Crippen molar-refractivity contribution in [1.29, 1.82) is 0 Å². The molecule has 0 unspecified atom stereocenters. The predicted octanol–water partition coefficient (Wildman–Crippen LogP) is 2.15. The fourth-order valence-electron chi connectivity index (χ4n) is 2.91. The molecule has 2 aromatic carbocycles. The average molecular weight is 333 g/mol. The third kappa shape index (κ3) is 3.18. The van der Waals surface area contributed by atoms with Gasteiger partial charge in [0.2, 0.25) is 10.0 Å². The molecule has 0 atom stereocenters. The van der Waals surface area contributed by atoms with Crippen LogP contribution in [-0.2, 0) is 22.9 Å². The van der Waals surface area contributed by atoms with E-state index in [-0.39, 0.29) is 10.9 Å². The summed E-state index contributed by atoms with van der Waals surface area (Å²) in [6.45, 7) is 0. The van der Waals surface area contributed by atoms with Crippen molar-refractivity contribution in [2.45, 2.75) is 23.8 Å². The molecule has 0 aliphatic heterocycles. The summed E-state index contributed by atoms with van der Waals surface area (Å²) in [5.41, 5.74) is 2.40. The fourth-order valence-corrected chi connectivity index (χ4v) is 4.16. The van der Waals surface area contributed by atoms with Crippen LogP contribution in [0.25, 0.3) is 0 Å². The summed E-state index contributed by atoms with van der Waals surface area (Å²) < 4.78 is 38.3. The van der Waals surface area contributed by atoms with Gasteiger partial charge in [-0.1, -0.05) is 24.3 Å². The highest BCUT2D eigenvalue weighted by molar-refractivity contribution is 7.89. The molecule has 3 rings (SSSR count). The molecule has 0 bridgehead atoms. The summed E-state index contributed by atoms with van der Waals surface area (Å²) in [6.07, 6.45) is 1.42. The SMILES string of the molecule is COc1ccc(S(=O)(=O)NC2Cc3ccccc3C2)cc1OC. The summed E-state index contributed by atoms with van der Waals surface area (Å²) >= 11 is 0. The highest BCUT2D eigenvalue weighted by Crippen LogP contribution is 2.30. The van der Waals surface area contributed by atoms with Crippen molar-refractivity contribution in [3.8, 4) is 11.5 Å². The quantitative estimate of drug-likeness (QED) is 0.910. The molecular weight excluding hydrogens is 314 g/mol. The Morgan fingerprint density at radius 2 is 1.57 bits per heavy atom. The molecular formula is C17H19NO4S. The van der Waals surface area contributed by atoms with Crippen LogP contribution in [0.2, 0.25) is 0 Å². The molecule has 0 heterocycles. The topological polar surface area (TPSA) is 64.6 Å². The van der Waals surface area contributed by atoms with E-state index in [9.17, 15) is 8.42 Å². The molecule has 0 saturated carbocycles. The first-order valence-corrected chi connectivity index (χ1v) is 8.83. The van der Waals surface area contributed by atoms with Gasteiger partial charge in [0.1, 0.15) is 0 Å². The van der Waals surface area contributed by atoms with Crippen molar-refractivity contribution in [2.24, 2.45) is 0 Å². The monoisotopic (exact) mass is 333 g/mol. The van der Waals surface area contributed by atoms with E-state index in [0.29, 0.717) is 24.3 Å². The smallest absolute Gasteiger partial charge is 0.240 e. The van der Waals surface area contributed by atoms with E-state index >= 15 is 0 Å². The molecule has 1 aliphatic rings. The summed E-state index contributed by atoms with van der Waals surface area (Å²) in [5, 5.41) is 0. The van der Waals surface area contributed by atoms with Gasteiger partial charge in [0.25, 0.3) is 0 Å². The van der Waals surface area contributed by atoms with Crippen molar-refractivity contribution in [1.82, 2.24) is 4.72 Å². The minimum atomic E-state index is -3.60. The van der Waals surface area contributed by atoms with Gasteiger partial charge in [0, 0.05) is 12.1 Å². The van der Waals surface area contributed by atoms with Gasteiger partial charge in [0.15, 0.2) is 11.5 Å². The molecule has 0 amide bonds. The fraction of sp³-hybridized carbons (Fsp3) is 0.294. The molecule has 23 heavy (non-hydrogen) atoms. The van der Waals surface area contributed by atoms with Crippen LogP contribution in [0.3, 0.4) is 0 Å². The second-order valence-electron chi connectivity index (χ2n) is 5.51. The van der Waals surface area contributed by atoms with Gasteiger partial charge >= 0.3 is 0 Å². The predicted molar refractivity (Wildman–Crippen MR) is 87.5 cm³/mol. The van der Waals surface area contributed by atoms with E-state index in [4.69, 9.17) is 9.47 Å². The number of benzene rings is 2. The van der Waals surface area contributed by atoms with Crippen LogP contribution in [0, 0.1) is 0 Å². The van der Waals surface area contributed by atoms with Crippen LogP contribution in [0.15, 0.2) is 47.4 Å². The van der Waals surface area contributed by atoms with E-state index in [0.717, 1.165) is 0 Å². The maximum Gasteiger partial charge on any atom is 0.240 e. The minimum Gasteiger partial charge on any atom is -0.493 e.